The lowest BCUT2D eigenvalue weighted by molar-refractivity contribution is 0.0696. The Balaban J connectivity index is 1.45. The molecule has 0 heterocycles. The van der Waals surface area contributed by atoms with Crippen LogP contribution >= 0.6 is 0 Å². The van der Waals surface area contributed by atoms with Gasteiger partial charge in [0, 0.05) is 6.54 Å². The summed E-state index contributed by atoms with van der Waals surface area (Å²) in [6.45, 7) is 1.85. The molecule has 0 saturated carbocycles. The van der Waals surface area contributed by atoms with Gasteiger partial charge in [0.1, 0.15) is 0 Å². The zero-order valence-electron chi connectivity index (χ0n) is 17.6. The van der Waals surface area contributed by atoms with Gasteiger partial charge in [-0.1, -0.05) is 72.8 Å². The predicted octanol–water partition coefficient (Wildman–Crippen LogP) is 5.03. The van der Waals surface area contributed by atoms with Crippen LogP contribution in [-0.4, -0.2) is 26.0 Å². The third-order valence-electron chi connectivity index (χ3n) is 5.51. The van der Waals surface area contributed by atoms with Gasteiger partial charge >= 0.3 is 5.97 Å². The van der Waals surface area contributed by atoms with Gasteiger partial charge in [-0.25, -0.2) is 17.9 Å². The Morgan fingerprint density at radius 2 is 1.62 bits per heavy atom. The smallest absolute Gasteiger partial charge is 0.335 e. The summed E-state index contributed by atoms with van der Waals surface area (Å²) in [5, 5.41) is 11.6. The van der Waals surface area contributed by atoms with Crippen LogP contribution in [0.1, 0.15) is 21.5 Å². The molecule has 0 aliphatic heterocycles. The van der Waals surface area contributed by atoms with E-state index in [-0.39, 0.29) is 17.0 Å². The van der Waals surface area contributed by atoms with Gasteiger partial charge in [-0.15, -0.1) is 0 Å². The van der Waals surface area contributed by atoms with Crippen molar-refractivity contribution in [1.29, 1.82) is 0 Å². The summed E-state index contributed by atoms with van der Waals surface area (Å²) in [5.41, 5.74) is 3.77. The van der Waals surface area contributed by atoms with E-state index in [1.807, 2.05) is 42.5 Å². The molecule has 4 rings (SSSR count). The highest BCUT2D eigenvalue weighted by atomic mass is 32.2. The van der Waals surface area contributed by atoms with Gasteiger partial charge in [-0.3, -0.25) is 0 Å². The van der Waals surface area contributed by atoms with E-state index in [1.165, 1.54) is 29.0 Å². The van der Waals surface area contributed by atoms with Gasteiger partial charge in [-0.2, -0.15) is 0 Å². The van der Waals surface area contributed by atoms with E-state index in [9.17, 15) is 18.3 Å². The second-order valence-corrected chi connectivity index (χ2v) is 9.42. The first-order valence-corrected chi connectivity index (χ1v) is 11.7. The van der Waals surface area contributed by atoms with Crippen molar-refractivity contribution in [3.05, 3.63) is 102 Å². The molecule has 0 aromatic heterocycles. The molecular formula is C26H23NO4S. The standard InChI is InChI=1S/C26H23NO4S/c1-18-9-14-22(17-25(18)26(28)29)32(30,31)27-16-15-19-10-12-21(13-11-19)24-8-4-6-20-5-2-3-7-23(20)24/h2-14,17,27H,15-16H2,1H3,(H,28,29). The Bertz CT molecular complexity index is 1390. The van der Waals surface area contributed by atoms with Crippen LogP contribution in [0.25, 0.3) is 21.9 Å². The van der Waals surface area contributed by atoms with Crippen LogP contribution in [0.15, 0.2) is 89.8 Å². The maximum absolute atomic E-state index is 12.6. The Kier molecular flexibility index (Phi) is 6.08. The third-order valence-corrected chi connectivity index (χ3v) is 6.97. The summed E-state index contributed by atoms with van der Waals surface area (Å²) in [6, 6.07) is 26.7. The number of rotatable bonds is 7. The first-order valence-electron chi connectivity index (χ1n) is 10.3. The molecule has 0 atom stereocenters. The fraction of sp³-hybridized carbons (Fsp3) is 0.115. The number of carboxylic acid groups (broad SMARTS) is 1. The number of fused-ring (bicyclic) bond motifs is 1. The summed E-state index contributed by atoms with van der Waals surface area (Å²) in [4.78, 5) is 11.2. The summed E-state index contributed by atoms with van der Waals surface area (Å²) < 4.78 is 27.7. The maximum atomic E-state index is 12.6. The first-order chi connectivity index (χ1) is 15.3. The van der Waals surface area contributed by atoms with Crippen LogP contribution < -0.4 is 4.72 Å². The third kappa shape index (κ3) is 4.56. The van der Waals surface area contributed by atoms with E-state index in [2.05, 4.69) is 29.0 Å². The molecule has 2 N–H and O–H groups in total. The van der Waals surface area contributed by atoms with Crippen LogP contribution in [0.2, 0.25) is 0 Å². The largest absolute Gasteiger partial charge is 0.478 e. The van der Waals surface area contributed by atoms with Gasteiger partial charge in [0.15, 0.2) is 0 Å². The lowest BCUT2D eigenvalue weighted by Crippen LogP contribution is -2.26. The van der Waals surface area contributed by atoms with Crippen LogP contribution in [0, 0.1) is 6.92 Å². The van der Waals surface area contributed by atoms with Gasteiger partial charge in [-0.05, 0) is 58.5 Å². The molecule has 0 aliphatic rings. The molecule has 0 unspecified atom stereocenters. The monoisotopic (exact) mass is 445 g/mol. The number of benzene rings is 4. The highest BCUT2D eigenvalue weighted by Gasteiger charge is 2.17. The van der Waals surface area contributed by atoms with Crippen molar-refractivity contribution in [1.82, 2.24) is 4.72 Å². The fourth-order valence-electron chi connectivity index (χ4n) is 3.74. The number of hydrogen-bond donors (Lipinski definition) is 2. The van der Waals surface area contributed by atoms with Crippen molar-refractivity contribution in [3.8, 4) is 11.1 Å². The zero-order chi connectivity index (χ0) is 22.7. The highest BCUT2D eigenvalue weighted by molar-refractivity contribution is 7.89. The van der Waals surface area contributed by atoms with Gasteiger partial charge in [0.05, 0.1) is 10.5 Å². The lowest BCUT2D eigenvalue weighted by atomic mass is 9.97. The summed E-state index contributed by atoms with van der Waals surface area (Å²) in [5.74, 6) is -1.15. The van der Waals surface area contributed by atoms with Crippen LogP contribution in [0.5, 0.6) is 0 Å². The van der Waals surface area contributed by atoms with Crippen molar-refractivity contribution in [2.24, 2.45) is 0 Å². The van der Waals surface area contributed by atoms with Crippen LogP contribution in [0.3, 0.4) is 0 Å². The Morgan fingerprint density at radius 1 is 0.906 bits per heavy atom. The van der Waals surface area contributed by atoms with E-state index in [4.69, 9.17) is 0 Å². The number of sulfonamides is 1. The molecule has 162 valence electrons. The number of carbonyl (C=O) groups is 1. The average molecular weight is 446 g/mol. The average Bonchev–Trinajstić information content (AvgIpc) is 2.79. The molecule has 0 amide bonds. The summed E-state index contributed by atoms with van der Waals surface area (Å²) in [7, 11) is -3.79. The molecule has 0 fully saturated rings. The fourth-order valence-corrected chi connectivity index (χ4v) is 4.80. The number of aromatic carboxylic acids is 1. The molecular weight excluding hydrogens is 422 g/mol. The van der Waals surface area contributed by atoms with Crippen LogP contribution in [-0.2, 0) is 16.4 Å². The van der Waals surface area contributed by atoms with Gasteiger partial charge in [0.2, 0.25) is 10.0 Å². The Hall–Kier alpha value is -3.48. The molecule has 5 nitrogen and oxygen atoms in total. The van der Waals surface area contributed by atoms with Crippen molar-refractivity contribution >= 4 is 26.8 Å². The maximum Gasteiger partial charge on any atom is 0.335 e. The molecule has 0 radical (unpaired) electrons. The molecule has 6 heteroatoms. The summed E-state index contributed by atoms with van der Waals surface area (Å²) in [6.07, 6.45) is 0.521. The second kappa shape index (κ2) is 8.94. The molecule has 0 spiro atoms. The molecule has 0 saturated heterocycles. The van der Waals surface area contributed by atoms with E-state index < -0.39 is 16.0 Å². The zero-order valence-corrected chi connectivity index (χ0v) is 18.4. The Labute approximate surface area is 187 Å². The predicted molar refractivity (Wildman–Crippen MR) is 126 cm³/mol. The molecule has 32 heavy (non-hydrogen) atoms. The number of hydrogen-bond acceptors (Lipinski definition) is 3. The quantitative estimate of drug-likeness (QED) is 0.418. The minimum absolute atomic E-state index is 0.0168. The normalized spacial score (nSPS) is 11.5. The number of nitrogens with one attached hydrogen (secondary N) is 1. The minimum atomic E-state index is -3.79. The summed E-state index contributed by atoms with van der Waals surface area (Å²) >= 11 is 0. The van der Waals surface area contributed by atoms with Gasteiger partial charge in [0.25, 0.3) is 0 Å². The van der Waals surface area contributed by atoms with Gasteiger partial charge < -0.3 is 5.11 Å². The van der Waals surface area contributed by atoms with Crippen molar-refractivity contribution in [3.63, 3.8) is 0 Å². The van der Waals surface area contributed by atoms with Crippen molar-refractivity contribution in [2.45, 2.75) is 18.2 Å². The van der Waals surface area contributed by atoms with E-state index in [0.29, 0.717) is 12.0 Å². The molecule has 4 aromatic rings. The molecule has 4 aromatic carbocycles. The highest BCUT2D eigenvalue weighted by Crippen LogP contribution is 2.28. The Morgan fingerprint density at radius 3 is 2.38 bits per heavy atom. The number of carboxylic acids is 1. The van der Waals surface area contributed by atoms with E-state index in [1.54, 1.807) is 6.92 Å². The van der Waals surface area contributed by atoms with Crippen molar-refractivity contribution in [2.75, 3.05) is 6.54 Å². The minimum Gasteiger partial charge on any atom is -0.478 e. The molecule has 0 aliphatic carbocycles. The van der Waals surface area contributed by atoms with E-state index in [0.717, 1.165) is 16.7 Å². The lowest BCUT2D eigenvalue weighted by Gasteiger charge is -2.10. The molecule has 0 bridgehead atoms. The van der Waals surface area contributed by atoms with E-state index >= 15 is 0 Å². The second-order valence-electron chi connectivity index (χ2n) is 7.65. The topological polar surface area (TPSA) is 83.5 Å². The SMILES string of the molecule is Cc1ccc(S(=O)(=O)NCCc2ccc(-c3cccc4ccccc34)cc2)cc1C(=O)O. The number of aryl methyl sites for hydroxylation is 1. The first kappa shape index (κ1) is 21.7. The van der Waals surface area contributed by atoms with Crippen LogP contribution in [0.4, 0.5) is 0 Å². The van der Waals surface area contributed by atoms with Crippen molar-refractivity contribution < 1.29 is 18.3 Å².